The number of ether oxygens (including phenoxy) is 1. The van der Waals surface area contributed by atoms with E-state index in [1.54, 1.807) is 6.29 Å². The smallest absolute Gasteiger partial charge is 0.305 e. The second-order valence-corrected chi connectivity index (χ2v) is 2.28. The maximum absolute atomic E-state index is 10.5. The van der Waals surface area contributed by atoms with Gasteiger partial charge in [-0.25, -0.2) is 0 Å². The van der Waals surface area contributed by atoms with Gasteiger partial charge in [-0.3, -0.25) is 9.59 Å². The zero-order chi connectivity index (χ0) is 8.53. The average Bonchev–Trinajstić information content (AvgIpc) is 2.04. The molecule has 63 valence electrons. The maximum atomic E-state index is 10.5. The largest absolute Gasteiger partial charge is 0.469 e. The van der Waals surface area contributed by atoms with Gasteiger partial charge in [0.05, 0.1) is 7.11 Å². The summed E-state index contributed by atoms with van der Waals surface area (Å²) < 4.78 is 4.44. The van der Waals surface area contributed by atoms with Gasteiger partial charge in [-0.05, 0) is 12.8 Å². The molecule has 0 saturated carbocycles. The highest BCUT2D eigenvalue weighted by Gasteiger charge is 1.98. The topological polar surface area (TPSA) is 43.4 Å². The highest BCUT2D eigenvalue weighted by Crippen LogP contribution is 2.01. The van der Waals surface area contributed by atoms with Crippen molar-refractivity contribution in [3.05, 3.63) is 0 Å². The lowest BCUT2D eigenvalue weighted by molar-refractivity contribution is -0.140. The van der Waals surface area contributed by atoms with Crippen LogP contribution in [0.3, 0.4) is 0 Å². The zero-order valence-electron chi connectivity index (χ0n) is 6.76. The molecule has 0 aromatic heterocycles. The van der Waals surface area contributed by atoms with Crippen LogP contribution in [0.4, 0.5) is 0 Å². The Balaban J connectivity index is 3.01. The molecule has 0 unspecified atom stereocenters. The highest BCUT2D eigenvalue weighted by atomic mass is 16.5. The first kappa shape index (κ1) is 10.1. The highest BCUT2D eigenvalue weighted by molar-refractivity contribution is 5.68. The van der Waals surface area contributed by atoms with E-state index >= 15 is 0 Å². The molecule has 0 rings (SSSR count). The van der Waals surface area contributed by atoms with Crippen molar-refractivity contribution in [1.29, 1.82) is 0 Å². The molecule has 11 heavy (non-hydrogen) atoms. The molecular weight excluding hydrogens is 144 g/mol. The van der Waals surface area contributed by atoms with Crippen LogP contribution in [0.5, 0.6) is 0 Å². The fraction of sp³-hybridized carbons (Fsp3) is 0.750. The molecule has 1 radical (unpaired) electrons. The van der Waals surface area contributed by atoms with Crippen LogP contribution in [0.25, 0.3) is 0 Å². The Bertz CT molecular complexity index is 121. The molecule has 0 bridgehead atoms. The van der Waals surface area contributed by atoms with Gasteiger partial charge in [0, 0.05) is 12.8 Å². The number of methoxy groups -OCH3 is 1. The van der Waals surface area contributed by atoms with Crippen molar-refractivity contribution in [1.82, 2.24) is 0 Å². The molecule has 0 spiro atoms. The molecule has 0 N–H and O–H groups in total. The lowest BCUT2D eigenvalue weighted by atomic mass is 10.1. The second kappa shape index (κ2) is 7.25. The van der Waals surface area contributed by atoms with Crippen molar-refractivity contribution >= 4 is 12.3 Å². The molecule has 0 fully saturated rings. The Kier molecular flexibility index (Phi) is 6.68. The van der Waals surface area contributed by atoms with Crippen LogP contribution >= 0.6 is 0 Å². The Morgan fingerprint density at radius 1 is 1.36 bits per heavy atom. The minimum absolute atomic E-state index is 0.180. The zero-order valence-corrected chi connectivity index (χ0v) is 6.76. The molecule has 3 heteroatoms. The van der Waals surface area contributed by atoms with Crippen molar-refractivity contribution in [2.24, 2.45) is 0 Å². The standard InChI is InChI=1S/C8H13O3/c1-11-8(10)6-4-2-3-5-7-9/h2-6H2,1H3. The Morgan fingerprint density at radius 2 is 2.09 bits per heavy atom. The quantitative estimate of drug-likeness (QED) is 0.430. The van der Waals surface area contributed by atoms with Crippen molar-refractivity contribution in [3.63, 3.8) is 0 Å². The summed E-state index contributed by atoms with van der Waals surface area (Å²) in [5, 5.41) is 0. The molecular formula is C8H13O3. The van der Waals surface area contributed by atoms with Gasteiger partial charge in [-0.2, -0.15) is 0 Å². The van der Waals surface area contributed by atoms with Crippen LogP contribution in [0.2, 0.25) is 0 Å². The average molecular weight is 157 g/mol. The van der Waals surface area contributed by atoms with E-state index in [0.29, 0.717) is 12.8 Å². The van der Waals surface area contributed by atoms with Crippen molar-refractivity contribution < 1.29 is 14.3 Å². The van der Waals surface area contributed by atoms with Crippen LogP contribution in [0, 0.1) is 0 Å². The second-order valence-electron chi connectivity index (χ2n) is 2.28. The molecule has 0 aliphatic rings. The third-order valence-electron chi connectivity index (χ3n) is 1.39. The van der Waals surface area contributed by atoms with E-state index in [9.17, 15) is 9.59 Å². The van der Waals surface area contributed by atoms with E-state index in [2.05, 4.69) is 4.74 Å². The molecule has 0 heterocycles. The normalized spacial score (nSPS) is 9.18. The van der Waals surface area contributed by atoms with Crippen molar-refractivity contribution in [2.45, 2.75) is 32.1 Å². The summed E-state index contributed by atoms with van der Waals surface area (Å²) in [6, 6.07) is 0. The van der Waals surface area contributed by atoms with Gasteiger partial charge in [0.15, 0.2) is 6.29 Å². The summed E-state index contributed by atoms with van der Waals surface area (Å²) in [6.45, 7) is 0. The number of hydrogen-bond donors (Lipinski definition) is 0. The molecule has 0 amide bonds. The van der Waals surface area contributed by atoms with E-state index in [-0.39, 0.29) is 5.97 Å². The fourth-order valence-corrected chi connectivity index (χ4v) is 0.745. The first-order valence-electron chi connectivity index (χ1n) is 3.73. The lowest BCUT2D eigenvalue weighted by Crippen LogP contribution is -1.99. The molecule has 0 atom stereocenters. The minimum atomic E-state index is -0.180. The van der Waals surface area contributed by atoms with Gasteiger partial charge in [-0.15, -0.1) is 0 Å². The molecule has 0 aromatic rings. The summed E-state index contributed by atoms with van der Waals surface area (Å²) >= 11 is 0. The SMILES string of the molecule is COC(=O)CCCCC[C]=O. The van der Waals surface area contributed by atoms with E-state index in [1.165, 1.54) is 7.11 Å². The Labute approximate surface area is 66.7 Å². The van der Waals surface area contributed by atoms with E-state index in [1.807, 2.05) is 0 Å². The third-order valence-corrected chi connectivity index (χ3v) is 1.39. The molecule has 3 nitrogen and oxygen atoms in total. The summed E-state index contributed by atoms with van der Waals surface area (Å²) in [4.78, 5) is 20.3. The summed E-state index contributed by atoms with van der Waals surface area (Å²) in [7, 11) is 1.38. The van der Waals surface area contributed by atoms with Gasteiger partial charge in [-0.1, -0.05) is 6.42 Å². The number of rotatable bonds is 6. The van der Waals surface area contributed by atoms with E-state index < -0.39 is 0 Å². The first-order valence-corrected chi connectivity index (χ1v) is 3.73. The maximum Gasteiger partial charge on any atom is 0.305 e. The van der Waals surface area contributed by atoms with Crippen LogP contribution < -0.4 is 0 Å². The van der Waals surface area contributed by atoms with Crippen LogP contribution in [0.15, 0.2) is 0 Å². The van der Waals surface area contributed by atoms with Gasteiger partial charge in [0.2, 0.25) is 0 Å². The number of hydrogen-bond acceptors (Lipinski definition) is 3. The van der Waals surface area contributed by atoms with Gasteiger partial charge in [0.1, 0.15) is 0 Å². The predicted octanol–water partition coefficient (Wildman–Crippen LogP) is 1.22. The van der Waals surface area contributed by atoms with E-state index in [0.717, 1.165) is 19.3 Å². The minimum Gasteiger partial charge on any atom is -0.469 e. The molecule has 0 saturated heterocycles. The van der Waals surface area contributed by atoms with Crippen LogP contribution in [-0.2, 0) is 14.3 Å². The number of carbonyl (C=O) groups is 1. The summed E-state index contributed by atoms with van der Waals surface area (Å²) in [5.74, 6) is -0.180. The van der Waals surface area contributed by atoms with Crippen molar-refractivity contribution in [2.75, 3.05) is 7.11 Å². The van der Waals surface area contributed by atoms with Gasteiger partial charge in [0.25, 0.3) is 0 Å². The van der Waals surface area contributed by atoms with Gasteiger partial charge >= 0.3 is 5.97 Å². The number of esters is 1. The first-order chi connectivity index (χ1) is 5.31. The van der Waals surface area contributed by atoms with Crippen LogP contribution in [-0.4, -0.2) is 19.4 Å². The van der Waals surface area contributed by atoms with E-state index in [4.69, 9.17) is 0 Å². The van der Waals surface area contributed by atoms with Gasteiger partial charge < -0.3 is 4.74 Å². The monoisotopic (exact) mass is 157 g/mol. The molecule has 0 aliphatic heterocycles. The molecule has 0 aliphatic carbocycles. The summed E-state index contributed by atoms with van der Waals surface area (Å²) in [6.07, 6.45) is 5.24. The lowest BCUT2D eigenvalue weighted by Gasteiger charge is -1.96. The summed E-state index contributed by atoms with van der Waals surface area (Å²) in [5.41, 5.74) is 0. The van der Waals surface area contributed by atoms with Crippen LogP contribution in [0.1, 0.15) is 32.1 Å². The third kappa shape index (κ3) is 7.03. The Morgan fingerprint density at radius 3 is 2.64 bits per heavy atom. The number of carbonyl (C=O) groups excluding carboxylic acids is 2. The van der Waals surface area contributed by atoms with Crippen molar-refractivity contribution in [3.8, 4) is 0 Å². The predicted molar refractivity (Wildman–Crippen MR) is 40.8 cm³/mol. The number of unbranched alkanes of at least 4 members (excludes halogenated alkanes) is 3. The Hall–Kier alpha value is -0.860. The fourth-order valence-electron chi connectivity index (χ4n) is 0.745. The molecule has 0 aromatic carbocycles.